The maximum atomic E-state index is 12.7. The molecule has 0 aliphatic carbocycles. The van der Waals surface area contributed by atoms with Gasteiger partial charge in [0.15, 0.2) is 0 Å². The third-order valence-electron chi connectivity index (χ3n) is 4.71. The van der Waals surface area contributed by atoms with Crippen LogP contribution < -0.4 is 5.73 Å². The summed E-state index contributed by atoms with van der Waals surface area (Å²) in [5, 5.41) is 0. The van der Waals surface area contributed by atoms with Gasteiger partial charge in [0.2, 0.25) is 11.8 Å². The molecule has 23 heavy (non-hydrogen) atoms. The second-order valence-corrected chi connectivity index (χ2v) is 6.60. The number of benzene rings is 1. The Bertz CT molecular complexity index is 556. The number of primary amides is 1. The number of nitrogens with two attached hydrogens (primary N) is 1. The van der Waals surface area contributed by atoms with E-state index in [0.717, 1.165) is 19.4 Å². The van der Waals surface area contributed by atoms with Crippen LogP contribution in [0.4, 0.5) is 0 Å². The van der Waals surface area contributed by atoms with Gasteiger partial charge in [-0.1, -0.05) is 29.8 Å². The van der Waals surface area contributed by atoms with Crippen LogP contribution in [-0.4, -0.2) is 47.8 Å². The van der Waals surface area contributed by atoms with Crippen molar-refractivity contribution in [3.63, 3.8) is 0 Å². The number of amides is 2. The molecule has 0 bridgehead atoms. The van der Waals surface area contributed by atoms with E-state index in [0.29, 0.717) is 13.1 Å². The Morgan fingerprint density at radius 2 is 2.00 bits per heavy atom. The summed E-state index contributed by atoms with van der Waals surface area (Å²) < 4.78 is 0. The fourth-order valence-corrected chi connectivity index (χ4v) is 2.98. The largest absolute Gasteiger partial charge is 0.369 e. The smallest absolute Gasteiger partial charge is 0.239 e. The number of rotatable bonds is 5. The second-order valence-electron chi connectivity index (χ2n) is 6.60. The van der Waals surface area contributed by atoms with Crippen LogP contribution in [0.15, 0.2) is 24.3 Å². The summed E-state index contributed by atoms with van der Waals surface area (Å²) in [6.07, 6.45) is 1.63. The van der Waals surface area contributed by atoms with Crippen LogP contribution in [0.5, 0.6) is 0 Å². The molecule has 2 N–H and O–H groups in total. The minimum absolute atomic E-state index is 0.0746. The number of carbonyl (C=O) groups is 2. The van der Waals surface area contributed by atoms with Crippen LogP contribution in [0.25, 0.3) is 0 Å². The average molecular weight is 317 g/mol. The molecule has 5 heteroatoms. The van der Waals surface area contributed by atoms with E-state index in [2.05, 4.69) is 31.2 Å². The topological polar surface area (TPSA) is 66.6 Å². The van der Waals surface area contributed by atoms with Gasteiger partial charge in [0, 0.05) is 19.6 Å². The van der Waals surface area contributed by atoms with Gasteiger partial charge in [0.1, 0.15) is 0 Å². The molecule has 1 saturated heterocycles. The zero-order chi connectivity index (χ0) is 17.0. The Morgan fingerprint density at radius 3 is 2.61 bits per heavy atom. The maximum Gasteiger partial charge on any atom is 0.239 e. The first-order valence-electron chi connectivity index (χ1n) is 8.22. The van der Waals surface area contributed by atoms with Crippen molar-refractivity contribution < 1.29 is 9.59 Å². The molecule has 1 aliphatic rings. The summed E-state index contributed by atoms with van der Waals surface area (Å²) in [5.41, 5.74) is 7.81. The lowest BCUT2D eigenvalue weighted by Crippen LogP contribution is -2.50. The second kappa shape index (κ2) is 7.59. The van der Waals surface area contributed by atoms with Crippen LogP contribution in [0, 0.1) is 12.8 Å². The third-order valence-corrected chi connectivity index (χ3v) is 4.71. The van der Waals surface area contributed by atoms with Gasteiger partial charge in [0.05, 0.1) is 12.0 Å². The van der Waals surface area contributed by atoms with E-state index < -0.39 is 0 Å². The number of likely N-dealkylation sites (N-methyl/N-ethyl adjacent to an activating group) is 1. The average Bonchev–Trinajstić information content (AvgIpc) is 2.55. The van der Waals surface area contributed by atoms with Gasteiger partial charge in [-0.3, -0.25) is 14.5 Å². The summed E-state index contributed by atoms with van der Waals surface area (Å²) in [5.74, 6) is -0.434. The summed E-state index contributed by atoms with van der Waals surface area (Å²) >= 11 is 0. The molecule has 0 aromatic heterocycles. The highest BCUT2D eigenvalue weighted by Gasteiger charge is 2.30. The van der Waals surface area contributed by atoms with E-state index in [4.69, 9.17) is 5.73 Å². The molecule has 1 heterocycles. The van der Waals surface area contributed by atoms with E-state index in [1.165, 1.54) is 11.1 Å². The number of hydrogen-bond donors (Lipinski definition) is 1. The van der Waals surface area contributed by atoms with Crippen LogP contribution >= 0.6 is 0 Å². The van der Waals surface area contributed by atoms with Crippen LogP contribution in [0.3, 0.4) is 0 Å². The lowest BCUT2D eigenvalue weighted by atomic mass is 9.97. The van der Waals surface area contributed by atoms with Gasteiger partial charge in [-0.25, -0.2) is 0 Å². The Kier molecular flexibility index (Phi) is 5.77. The lowest BCUT2D eigenvalue weighted by Gasteiger charge is -2.35. The van der Waals surface area contributed by atoms with Crippen molar-refractivity contribution in [1.82, 2.24) is 9.80 Å². The molecule has 126 valence electrons. The predicted octanol–water partition coefficient (Wildman–Crippen LogP) is 1.54. The van der Waals surface area contributed by atoms with Gasteiger partial charge in [-0.15, -0.1) is 0 Å². The zero-order valence-electron chi connectivity index (χ0n) is 14.3. The molecule has 2 atom stereocenters. The van der Waals surface area contributed by atoms with Gasteiger partial charge in [-0.2, -0.15) is 0 Å². The molecule has 2 amide bonds. The number of piperidine rings is 1. The molecule has 0 unspecified atom stereocenters. The summed E-state index contributed by atoms with van der Waals surface area (Å²) in [4.78, 5) is 27.9. The Balaban J connectivity index is 1.95. The summed E-state index contributed by atoms with van der Waals surface area (Å²) in [7, 11) is 1.96. The molecule has 1 aliphatic heterocycles. The molecule has 5 nitrogen and oxygen atoms in total. The first kappa shape index (κ1) is 17.5. The third kappa shape index (κ3) is 4.55. The van der Waals surface area contributed by atoms with E-state index in [1.807, 2.05) is 18.9 Å². The van der Waals surface area contributed by atoms with Crippen molar-refractivity contribution >= 4 is 11.8 Å². The highest BCUT2D eigenvalue weighted by Crippen LogP contribution is 2.18. The van der Waals surface area contributed by atoms with Crippen molar-refractivity contribution in [2.24, 2.45) is 11.7 Å². The first-order valence-corrected chi connectivity index (χ1v) is 8.22. The van der Waals surface area contributed by atoms with Crippen LogP contribution in [0.2, 0.25) is 0 Å². The Labute approximate surface area is 138 Å². The molecule has 1 aromatic rings. The fourth-order valence-electron chi connectivity index (χ4n) is 2.98. The van der Waals surface area contributed by atoms with E-state index in [-0.39, 0.29) is 23.8 Å². The Morgan fingerprint density at radius 1 is 1.35 bits per heavy atom. The number of likely N-dealkylation sites (tertiary alicyclic amines) is 1. The van der Waals surface area contributed by atoms with E-state index in [1.54, 1.807) is 4.90 Å². The van der Waals surface area contributed by atoms with Crippen LogP contribution in [-0.2, 0) is 16.1 Å². The van der Waals surface area contributed by atoms with Crippen LogP contribution in [0.1, 0.15) is 30.9 Å². The normalized spacial score (nSPS) is 19.7. The quantitative estimate of drug-likeness (QED) is 0.896. The standard InChI is InChI=1S/C18H27N3O2/c1-13-6-8-15(9-7-13)11-20(3)14(2)18(23)21-10-4-5-16(12-21)17(19)22/h6-9,14,16H,4-5,10-12H2,1-3H3,(H2,19,22)/t14-,16+/m1/s1. The van der Waals surface area contributed by atoms with Crippen molar-refractivity contribution in [1.29, 1.82) is 0 Å². The van der Waals surface area contributed by atoms with E-state index >= 15 is 0 Å². The monoisotopic (exact) mass is 317 g/mol. The highest BCUT2D eigenvalue weighted by molar-refractivity contribution is 5.83. The number of hydrogen-bond acceptors (Lipinski definition) is 3. The van der Waals surface area contributed by atoms with Gasteiger partial charge < -0.3 is 10.6 Å². The fraction of sp³-hybridized carbons (Fsp3) is 0.556. The SMILES string of the molecule is Cc1ccc(CN(C)[C@H](C)C(=O)N2CCC[C@H](C(N)=O)C2)cc1. The number of aryl methyl sites for hydroxylation is 1. The van der Waals surface area contributed by atoms with E-state index in [9.17, 15) is 9.59 Å². The lowest BCUT2D eigenvalue weighted by molar-refractivity contribution is -0.139. The van der Waals surface area contributed by atoms with Crippen molar-refractivity contribution in [2.75, 3.05) is 20.1 Å². The molecule has 0 spiro atoms. The molecule has 0 radical (unpaired) electrons. The molecular weight excluding hydrogens is 290 g/mol. The number of nitrogens with zero attached hydrogens (tertiary/aromatic N) is 2. The van der Waals surface area contributed by atoms with Crippen molar-refractivity contribution in [3.8, 4) is 0 Å². The minimum Gasteiger partial charge on any atom is -0.369 e. The van der Waals surface area contributed by atoms with Crippen molar-refractivity contribution in [3.05, 3.63) is 35.4 Å². The van der Waals surface area contributed by atoms with Gasteiger partial charge >= 0.3 is 0 Å². The van der Waals surface area contributed by atoms with Gasteiger partial charge in [0.25, 0.3) is 0 Å². The summed E-state index contributed by atoms with van der Waals surface area (Å²) in [6, 6.07) is 8.12. The zero-order valence-corrected chi connectivity index (χ0v) is 14.3. The van der Waals surface area contributed by atoms with Crippen molar-refractivity contribution in [2.45, 2.75) is 39.3 Å². The molecule has 2 rings (SSSR count). The molecule has 1 aromatic carbocycles. The van der Waals surface area contributed by atoms with Gasteiger partial charge in [-0.05, 0) is 39.3 Å². The molecule has 1 fully saturated rings. The highest BCUT2D eigenvalue weighted by atomic mass is 16.2. The minimum atomic E-state index is -0.303. The first-order chi connectivity index (χ1) is 10.9. The molecule has 0 saturated carbocycles. The molecular formula is C18H27N3O2. The predicted molar refractivity (Wildman–Crippen MR) is 90.6 cm³/mol. The maximum absolute atomic E-state index is 12.7. The Hall–Kier alpha value is -1.88. The number of carbonyl (C=O) groups excluding carboxylic acids is 2. The summed E-state index contributed by atoms with van der Waals surface area (Å²) in [6.45, 7) is 5.87.